The summed E-state index contributed by atoms with van der Waals surface area (Å²) in [6, 6.07) is 22.9. The molecule has 154 valence electrons. The standard InChI is InChI=1S/C24H24N2O4/c1-3-29-22-14-13-18(15-23(22)28-2)16-25-26-24(27)17-30-21-12-8-7-11-20(21)19-9-5-4-6-10-19/h4-16H,3,17H2,1-2H3,(H,26,27)/b25-16+. The van der Waals surface area contributed by atoms with Gasteiger partial charge in [-0.15, -0.1) is 0 Å². The zero-order chi connectivity index (χ0) is 21.2. The van der Waals surface area contributed by atoms with Gasteiger partial charge in [-0.25, -0.2) is 5.43 Å². The van der Waals surface area contributed by atoms with Gasteiger partial charge in [0.2, 0.25) is 0 Å². The summed E-state index contributed by atoms with van der Waals surface area (Å²) in [5.74, 6) is 1.55. The first-order valence-electron chi connectivity index (χ1n) is 9.61. The predicted molar refractivity (Wildman–Crippen MR) is 117 cm³/mol. The van der Waals surface area contributed by atoms with Crippen molar-refractivity contribution in [3.63, 3.8) is 0 Å². The summed E-state index contributed by atoms with van der Waals surface area (Å²) in [5, 5.41) is 3.98. The van der Waals surface area contributed by atoms with E-state index >= 15 is 0 Å². The van der Waals surface area contributed by atoms with E-state index < -0.39 is 0 Å². The lowest BCUT2D eigenvalue weighted by Gasteiger charge is -2.11. The second-order valence-electron chi connectivity index (χ2n) is 6.29. The van der Waals surface area contributed by atoms with Gasteiger partial charge in [0.05, 0.1) is 19.9 Å². The van der Waals surface area contributed by atoms with Crippen LogP contribution < -0.4 is 19.6 Å². The largest absolute Gasteiger partial charge is 0.493 e. The van der Waals surface area contributed by atoms with Crippen molar-refractivity contribution in [3.8, 4) is 28.4 Å². The highest BCUT2D eigenvalue weighted by Gasteiger charge is 2.08. The van der Waals surface area contributed by atoms with Gasteiger partial charge in [-0.2, -0.15) is 5.10 Å². The smallest absolute Gasteiger partial charge is 0.277 e. The van der Waals surface area contributed by atoms with E-state index in [0.29, 0.717) is 23.9 Å². The average molecular weight is 404 g/mol. The highest BCUT2D eigenvalue weighted by Crippen LogP contribution is 2.29. The number of methoxy groups -OCH3 is 1. The molecular formula is C24H24N2O4. The number of carbonyl (C=O) groups excluding carboxylic acids is 1. The van der Waals surface area contributed by atoms with Gasteiger partial charge in [0.1, 0.15) is 5.75 Å². The molecule has 0 fully saturated rings. The monoisotopic (exact) mass is 404 g/mol. The fourth-order valence-corrected chi connectivity index (χ4v) is 2.84. The van der Waals surface area contributed by atoms with E-state index in [1.54, 1.807) is 19.2 Å². The molecule has 0 aliphatic heterocycles. The third-order valence-corrected chi connectivity index (χ3v) is 4.22. The van der Waals surface area contributed by atoms with Gasteiger partial charge in [0, 0.05) is 5.56 Å². The first kappa shape index (κ1) is 20.9. The molecule has 0 unspecified atom stereocenters. The van der Waals surface area contributed by atoms with Crippen molar-refractivity contribution < 1.29 is 19.0 Å². The van der Waals surface area contributed by atoms with Crippen LogP contribution >= 0.6 is 0 Å². The summed E-state index contributed by atoms with van der Waals surface area (Å²) < 4.78 is 16.5. The molecule has 0 aliphatic rings. The Labute approximate surface area is 176 Å². The van der Waals surface area contributed by atoms with Crippen LogP contribution in [-0.4, -0.2) is 32.4 Å². The molecule has 0 aliphatic carbocycles. The second kappa shape index (κ2) is 10.7. The van der Waals surface area contributed by atoms with Gasteiger partial charge in [-0.05, 0) is 42.3 Å². The molecule has 1 N–H and O–H groups in total. The molecule has 1 amide bonds. The fraction of sp³-hybridized carbons (Fsp3) is 0.167. The van der Waals surface area contributed by atoms with Crippen LogP contribution in [0.5, 0.6) is 17.2 Å². The Morgan fingerprint density at radius 1 is 0.933 bits per heavy atom. The minimum Gasteiger partial charge on any atom is -0.493 e. The molecule has 0 aromatic heterocycles. The van der Waals surface area contributed by atoms with Gasteiger partial charge in [-0.3, -0.25) is 4.79 Å². The molecule has 0 bridgehead atoms. The topological polar surface area (TPSA) is 69.2 Å². The molecule has 0 spiro atoms. The maximum absolute atomic E-state index is 12.1. The summed E-state index contributed by atoms with van der Waals surface area (Å²) >= 11 is 0. The van der Waals surface area contributed by atoms with Crippen LogP contribution in [0.15, 0.2) is 77.9 Å². The Kier molecular flexibility index (Phi) is 7.44. The molecule has 0 saturated carbocycles. The van der Waals surface area contributed by atoms with E-state index in [0.717, 1.165) is 16.7 Å². The molecule has 0 radical (unpaired) electrons. The molecular weight excluding hydrogens is 380 g/mol. The minimum absolute atomic E-state index is 0.145. The molecule has 6 heteroatoms. The fourth-order valence-electron chi connectivity index (χ4n) is 2.84. The van der Waals surface area contributed by atoms with Crippen molar-refractivity contribution in [2.45, 2.75) is 6.92 Å². The quantitative estimate of drug-likeness (QED) is 0.427. The number of benzene rings is 3. The summed E-state index contributed by atoms with van der Waals surface area (Å²) in [7, 11) is 1.57. The van der Waals surface area contributed by atoms with Crippen molar-refractivity contribution >= 4 is 12.1 Å². The number of hydrazone groups is 1. The van der Waals surface area contributed by atoms with Crippen LogP contribution in [0.4, 0.5) is 0 Å². The molecule has 6 nitrogen and oxygen atoms in total. The number of nitrogens with zero attached hydrogens (tertiary/aromatic N) is 1. The van der Waals surface area contributed by atoms with E-state index in [1.807, 2.05) is 67.6 Å². The van der Waals surface area contributed by atoms with Gasteiger partial charge >= 0.3 is 0 Å². The Morgan fingerprint density at radius 3 is 2.47 bits per heavy atom. The Morgan fingerprint density at radius 2 is 1.70 bits per heavy atom. The van der Waals surface area contributed by atoms with Crippen LogP contribution in [0, 0.1) is 0 Å². The first-order valence-corrected chi connectivity index (χ1v) is 9.61. The lowest BCUT2D eigenvalue weighted by atomic mass is 10.1. The Balaban J connectivity index is 1.57. The number of hydrogen-bond acceptors (Lipinski definition) is 5. The molecule has 3 aromatic carbocycles. The van der Waals surface area contributed by atoms with Crippen LogP contribution in [0.1, 0.15) is 12.5 Å². The van der Waals surface area contributed by atoms with Gasteiger partial charge in [0.25, 0.3) is 5.91 Å². The van der Waals surface area contributed by atoms with Gasteiger partial charge in [0.15, 0.2) is 18.1 Å². The number of rotatable bonds is 9. The average Bonchev–Trinajstić information content (AvgIpc) is 2.79. The van der Waals surface area contributed by atoms with Gasteiger partial charge in [-0.1, -0.05) is 48.5 Å². The highest BCUT2D eigenvalue weighted by atomic mass is 16.5. The molecule has 0 atom stereocenters. The van der Waals surface area contributed by atoms with Crippen LogP contribution in [-0.2, 0) is 4.79 Å². The van der Waals surface area contributed by atoms with Crippen molar-refractivity contribution in [2.24, 2.45) is 5.10 Å². The lowest BCUT2D eigenvalue weighted by Crippen LogP contribution is -2.24. The Bertz CT molecular complexity index is 1000. The minimum atomic E-state index is -0.355. The maximum Gasteiger partial charge on any atom is 0.277 e. The summed E-state index contributed by atoms with van der Waals surface area (Å²) in [5.41, 5.74) is 5.19. The second-order valence-corrected chi connectivity index (χ2v) is 6.29. The number of ether oxygens (including phenoxy) is 3. The third kappa shape index (κ3) is 5.61. The van der Waals surface area contributed by atoms with Crippen molar-refractivity contribution in [3.05, 3.63) is 78.4 Å². The van der Waals surface area contributed by atoms with Crippen LogP contribution in [0.2, 0.25) is 0 Å². The normalized spacial score (nSPS) is 10.6. The lowest BCUT2D eigenvalue weighted by molar-refractivity contribution is -0.123. The first-order chi connectivity index (χ1) is 14.7. The SMILES string of the molecule is CCOc1ccc(/C=N/NC(=O)COc2ccccc2-c2ccccc2)cc1OC. The molecule has 3 rings (SSSR count). The maximum atomic E-state index is 12.1. The zero-order valence-corrected chi connectivity index (χ0v) is 17.0. The molecule has 30 heavy (non-hydrogen) atoms. The summed E-state index contributed by atoms with van der Waals surface area (Å²) in [4.78, 5) is 12.1. The summed E-state index contributed by atoms with van der Waals surface area (Å²) in [6.07, 6.45) is 1.54. The summed E-state index contributed by atoms with van der Waals surface area (Å²) in [6.45, 7) is 2.31. The van der Waals surface area contributed by atoms with E-state index in [4.69, 9.17) is 14.2 Å². The number of amides is 1. The van der Waals surface area contributed by atoms with E-state index in [9.17, 15) is 4.79 Å². The van der Waals surface area contributed by atoms with Crippen LogP contribution in [0.3, 0.4) is 0 Å². The molecule has 3 aromatic rings. The van der Waals surface area contributed by atoms with Crippen molar-refractivity contribution in [1.82, 2.24) is 5.43 Å². The van der Waals surface area contributed by atoms with Gasteiger partial charge < -0.3 is 14.2 Å². The van der Waals surface area contributed by atoms with Crippen molar-refractivity contribution in [2.75, 3.05) is 20.3 Å². The molecule has 0 heterocycles. The Hall–Kier alpha value is -3.80. The van der Waals surface area contributed by atoms with Crippen LogP contribution in [0.25, 0.3) is 11.1 Å². The number of hydrogen-bond donors (Lipinski definition) is 1. The zero-order valence-electron chi connectivity index (χ0n) is 17.0. The van der Waals surface area contributed by atoms with E-state index in [-0.39, 0.29) is 12.5 Å². The highest BCUT2D eigenvalue weighted by molar-refractivity contribution is 5.84. The molecule has 0 saturated heterocycles. The van der Waals surface area contributed by atoms with E-state index in [2.05, 4.69) is 10.5 Å². The van der Waals surface area contributed by atoms with Crippen molar-refractivity contribution in [1.29, 1.82) is 0 Å². The number of nitrogens with one attached hydrogen (secondary N) is 1. The number of para-hydroxylation sites is 1. The number of carbonyl (C=O) groups is 1. The predicted octanol–water partition coefficient (Wildman–Crippen LogP) is 4.29. The third-order valence-electron chi connectivity index (χ3n) is 4.22. The van der Waals surface area contributed by atoms with E-state index in [1.165, 1.54) is 6.21 Å².